The molecule has 0 N–H and O–H groups in total. The lowest BCUT2D eigenvalue weighted by Crippen LogP contribution is -2.61. The van der Waals surface area contributed by atoms with Crippen LogP contribution in [0.25, 0.3) is 44.5 Å². The van der Waals surface area contributed by atoms with Crippen LogP contribution in [0.5, 0.6) is 0 Å². The summed E-state index contributed by atoms with van der Waals surface area (Å²) in [5, 5.41) is 1.08. The zero-order valence-corrected chi connectivity index (χ0v) is 49.0. The SMILES string of the molecule is Cc1cccc(C)c1N1c2cc(N(c3ccccc3)c3cccc(-c4cc5ccccc5o4)c3)ccc2B2c3cc(C(C)(C)C)ccc3N(c3cc(-c4ccccc4)cc(-c4ccccc4)c3)c3cc(N(c4ccccc4)c4ccccc4)cc1c32. The maximum atomic E-state index is 6.53. The molecule has 0 spiro atoms. The number of para-hydroxylation sites is 5. The number of furan rings is 1. The van der Waals surface area contributed by atoms with Crippen molar-refractivity contribution in [1.82, 2.24) is 0 Å². The van der Waals surface area contributed by atoms with Crippen LogP contribution < -0.4 is 36.0 Å². The first-order valence-corrected chi connectivity index (χ1v) is 29.8. The summed E-state index contributed by atoms with van der Waals surface area (Å²) < 4.78 is 6.53. The van der Waals surface area contributed by atoms with Gasteiger partial charge in [-0.25, -0.2) is 0 Å². The van der Waals surface area contributed by atoms with Gasteiger partial charge in [0.1, 0.15) is 11.3 Å². The van der Waals surface area contributed by atoms with Gasteiger partial charge in [-0.2, -0.15) is 0 Å². The summed E-state index contributed by atoms with van der Waals surface area (Å²) in [6, 6.07) is 107. The summed E-state index contributed by atoms with van der Waals surface area (Å²) in [6.45, 7) is 11.4. The fourth-order valence-electron chi connectivity index (χ4n) is 13.3. The van der Waals surface area contributed by atoms with Gasteiger partial charge in [-0.1, -0.05) is 203 Å². The van der Waals surface area contributed by atoms with Gasteiger partial charge < -0.3 is 24.0 Å². The molecule has 412 valence electrons. The molecule has 1 aromatic heterocycles. The van der Waals surface area contributed by atoms with Gasteiger partial charge in [0.2, 0.25) is 0 Å². The maximum Gasteiger partial charge on any atom is 0.252 e. The van der Waals surface area contributed by atoms with Crippen LogP contribution in [0, 0.1) is 13.8 Å². The highest BCUT2D eigenvalue weighted by atomic mass is 16.3. The standard InChI is InChI=1S/C80H63BN4O/c1-54-25-23-26-55(2)79(54)85-73-51-67(83(65-37-19-10-20-38-65)66-39-24-32-58(46-66)77-49-59-31-21-22-40-76(59)86-77)42-43-70(73)81-71-50-62(80(3,4)5)41-44-72(71)84(68-47-60(56-27-11-6-12-28-56)45-61(48-68)57-29-13-7-14-30-57)74-52-69(53-75(85)78(74)81)82(63-33-15-8-16-34-63)64-35-17-9-18-36-64/h6-53H,1-5H3. The van der Waals surface area contributed by atoms with E-state index in [1.165, 1.54) is 33.1 Å². The number of hydrogen-bond acceptors (Lipinski definition) is 5. The Bertz CT molecular complexity index is 4520. The van der Waals surface area contributed by atoms with Crippen LogP contribution in [0.3, 0.4) is 0 Å². The summed E-state index contributed by atoms with van der Waals surface area (Å²) in [5.74, 6) is 0.832. The van der Waals surface area contributed by atoms with Gasteiger partial charge in [0, 0.05) is 67.8 Å². The fraction of sp³-hybridized carbons (Fsp3) is 0.0750. The number of nitrogens with zero attached hydrogens (tertiary/aromatic N) is 4. The Kier molecular flexibility index (Phi) is 12.9. The Morgan fingerprint density at radius 3 is 1.44 bits per heavy atom. The average molecular weight is 1110 g/mol. The average Bonchev–Trinajstić information content (AvgIpc) is 0.807. The molecule has 15 rings (SSSR count). The Labute approximate surface area is 505 Å². The van der Waals surface area contributed by atoms with Gasteiger partial charge >= 0.3 is 0 Å². The minimum atomic E-state index is -0.165. The molecule has 0 saturated carbocycles. The van der Waals surface area contributed by atoms with Crippen LogP contribution in [0.2, 0.25) is 0 Å². The van der Waals surface area contributed by atoms with Gasteiger partial charge in [-0.3, -0.25) is 0 Å². The van der Waals surface area contributed by atoms with Gasteiger partial charge in [0.05, 0.1) is 11.4 Å². The third kappa shape index (κ3) is 9.22. The van der Waals surface area contributed by atoms with E-state index in [1.54, 1.807) is 0 Å². The molecular formula is C80H63BN4O. The first kappa shape index (κ1) is 52.3. The van der Waals surface area contributed by atoms with E-state index in [1.807, 2.05) is 12.1 Å². The lowest BCUT2D eigenvalue weighted by Gasteiger charge is -2.46. The molecule has 0 bridgehead atoms. The molecule has 0 amide bonds. The molecule has 5 nitrogen and oxygen atoms in total. The van der Waals surface area contributed by atoms with Crippen LogP contribution >= 0.6 is 0 Å². The number of fused-ring (bicyclic) bond motifs is 5. The van der Waals surface area contributed by atoms with Gasteiger partial charge in [0.25, 0.3) is 6.71 Å². The molecule has 2 aliphatic heterocycles. The second kappa shape index (κ2) is 21.3. The molecule has 86 heavy (non-hydrogen) atoms. The number of anilines is 12. The van der Waals surface area contributed by atoms with E-state index in [2.05, 4.69) is 333 Å². The molecule has 0 radical (unpaired) electrons. The highest BCUT2D eigenvalue weighted by Crippen LogP contribution is 2.51. The predicted molar refractivity (Wildman–Crippen MR) is 364 cm³/mol. The first-order chi connectivity index (χ1) is 42.1. The minimum absolute atomic E-state index is 0.134. The van der Waals surface area contributed by atoms with Crippen LogP contribution in [0.1, 0.15) is 37.5 Å². The van der Waals surface area contributed by atoms with Crippen LogP contribution in [0.15, 0.2) is 296 Å². The van der Waals surface area contributed by atoms with Crippen molar-refractivity contribution >= 4 is 102 Å². The highest BCUT2D eigenvalue weighted by Gasteiger charge is 2.45. The molecule has 13 aromatic rings. The van der Waals surface area contributed by atoms with Crippen molar-refractivity contribution in [2.45, 2.75) is 40.0 Å². The van der Waals surface area contributed by atoms with Gasteiger partial charge in [0.15, 0.2) is 0 Å². The lowest BCUT2D eigenvalue weighted by atomic mass is 9.33. The van der Waals surface area contributed by atoms with Gasteiger partial charge in [-0.15, -0.1) is 0 Å². The number of aryl methyl sites for hydroxylation is 2. The van der Waals surface area contributed by atoms with Gasteiger partial charge in [-0.05, 0) is 184 Å². The second-order valence-electron chi connectivity index (χ2n) is 23.9. The van der Waals surface area contributed by atoms with E-state index in [4.69, 9.17) is 4.42 Å². The Morgan fingerprint density at radius 2 is 0.849 bits per heavy atom. The van der Waals surface area contributed by atoms with Crippen molar-refractivity contribution < 1.29 is 4.42 Å². The van der Waals surface area contributed by atoms with E-state index in [0.717, 1.165) is 113 Å². The smallest absolute Gasteiger partial charge is 0.252 e. The van der Waals surface area contributed by atoms with Crippen LogP contribution in [-0.4, -0.2) is 6.71 Å². The predicted octanol–water partition coefficient (Wildman–Crippen LogP) is 20.4. The molecule has 0 unspecified atom stereocenters. The Hall–Kier alpha value is -10.6. The minimum Gasteiger partial charge on any atom is -0.456 e. The number of benzene rings is 12. The van der Waals surface area contributed by atoms with Crippen molar-refractivity contribution in [2.24, 2.45) is 0 Å². The first-order valence-electron chi connectivity index (χ1n) is 29.8. The largest absolute Gasteiger partial charge is 0.456 e. The van der Waals surface area contributed by atoms with Crippen LogP contribution in [-0.2, 0) is 5.41 Å². The molecule has 0 aliphatic carbocycles. The molecule has 12 aromatic carbocycles. The van der Waals surface area contributed by atoms with Crippen molar-refractivity contribution in [3.63, 3.8) is 0 Å². The number of hydrogen-bond donors (Lipinski definition) is 0. The molecule has 2 aliphatic rings. The summed E-state index contributed by atoms with van der Waals surface area (Å²) in [7, 11) is 0. The van der Waals surface area contributed by atoms with Crippen molar-refractivity contribution in [3.05, 3.63) is 308 Å². The van der Waals surface area contributed by atoms with E-state index in [9.17, 15) is 0 Å². The molecule has 0 saturated heterocycles. The Morgan fingerprint density at radius 1 is 0.349 bits per heavy atom. The van der Waals surface area contributed by atoms with Crippen molar-refractivity contribution in [3.8, 4) is 33.6 Å². The Balaban J connectivity index is 1.04. The van der Waals surface area contributed by atoms with Crippen molar-refractivity contribution in [2.75, 3.05) is 19.6 Å². The molecule has 0 atom stereocenters. The monoisotopic (exact) mass is 1110 g/mol. The summed E-state index contributed by atoms with van der Waals surface area (Å²) in [6.07, 6.45) is 0. The van der Waals surface area contributed by atoms with Crippen molar-refractivity contribution in [1.29, 1.82) is 0 Å². The summed E-state index contributed by atoms with van der Waals surface area (Å²) >= 11 is 0. The lowest BCUT2D eigenvalue weighted by molar-refractivity contribution is 0.591. The zero-order valence-electron chi connectivity index (χ0n) is 49.0. The zero-order chi connectivity index (χ0) is 58.0. The third-order valence-corrected chi connectivity index (χ3v) is 17.3. The molecule has 0 fully saturated rings. The third-order valence-electron chi connectivity index (χ3n) is 17.3. The van der Waals surface area contributed by atoms with E-state index in [0.29, 0.717) is 0 Å². The topological polar surface area (TPSA) is 26.1 Å². The van der Waals surface area contributed by atoms with E-state index < -0.39 is 0 Å². The molecular weight excluding hydrogens is 1040 g/mol. The normalized spacial score (nSPS) is 12.4. The summed E-state index contributed by atoms with van der Waals surface area (Å²) in [5.41, 5.74) is 26.8. The fourth-order valence-corrected chi connectivity index (χ4v) is 13.3. The van der Waals surface area contributed by atoms with Crippen LogP contribution in [0.4, 0.5) is 68.2 Å². The summed E-state index contributed by atoms with van der Waals surface area (Å²) in [4.78, 5) is 10.0. The van der Waals surface area contributed by atoms with E-state index in [-0.39, 0.29) is 12.1 Å². The maximum absolute atomic E-state index is 6.53. The second-order valence-corrected chi connectivity index (χ2v) is 23.9. The molecule has 6 heteroatoms. The quantitative estimate of drug-likeness (QED) is 0.120. The highest BCUT2D eigenvalue weighted by molar-refractivity contribution is 7.00. The number of rotatable bonds is 11. The molecule has 3 heterocycles. The van der Waals surface area contributed by atoms with E-state index >= 15 is 0 Å².